The fourth-order valence-corrected chi connectivity index (χ4v) is 4.38. The second-order valence-corrected chi connectivity index (χ2v) is 9.19. The summed E-state index contributed by atoms with van der Waals surface area (Å²) >= 11 is 1.36. The van der Waals surface area contributed by atoms with Gasteiger partial charge in [-0.25, -0.2) is 0 Å². The number of rotatable bonds is 9. The molecule has 0 saturated heterocycles. The van der Waals surface area contributed by atoms with E-state index in [1.807, 2.05) is 26.0 Å². The minimum absolute atomic E-state index is 0. The molecule has 2 aromatic heterocycles. The van der Waals surface area contributed by atoms with Crippen LogP contribution in [0.2, 0.25) is 0 Å². The van der Waals surface area contributed by atoms with Crippen LogP contribution in [-0.4, -0.2) is 32.9 Å². The van der Waals surface area contributed by atoms with Gasteiger partial charge in [-0.05, 0) is 36.8 Å². The van der Waals surface area contributed by atoms with Gasteiger partial charge in [0.05, 0.1) is 6.04 Å². The average Bonchev–Trinajstić information content (AvgIpc) is 3.04. The molecule has 1 atom stereocenters. The lowest BCUT2D eigenvalue weighted by molar-refractivity contribution is -0.126. The number of thioether (sulfide) groups is 1. The van der Waals surface area contributed by atoms with E-state index in [-0.39, 0.29) is 41.8 Å². The molecule has 1 saturated carbocycles. The standard InChI is InChI=1S/C22H30N4O3S.ClH/c1-15(2)12-18(24-20(28)17-9-5-3-4-6-10-17)19(27)21-25-26-22(29-21)30-14-16-8-7-11-23-13-16;/h7-8,11,13,15,17-18H,3-6,9-10,12,14H2,1-2H3,(H,24,28);1H/t18-;/m0./s1. The SMILES string of the molecule is CC(C)C[C@H](NC(=O)C1CCCCCC1)C(=O)c1nnc(SCc2cccnc2)o1.Cl. The predicted molar refractivity (Wildman–Crippen MR) is 122 cm³/mol. The second-order valence-electron chi connectivity index (χ2n) is 8.27. The molecule has 1 N–H and O–H groups in total. The number of pyridine rings is 1. The van der Waals surface area contributed by atoms with Crippen molar-refractivity contribution in [2.24, 2.45) is 11.8 Å². The molecule has 9 heteroatoms. The van der Waals surface area contributed by atoms with Crippen molar-refractivity contribution in [3.05, 3.63) is 36.0 Å². The highest BCUT2D eigenvalue weighted by atomic mass is 35.5. The Bertz CT molecular complexity index is 823. The quantitative estimate of drug-likeness (QED) is 0.320. The molecule has 0 bridgehead atoms. The van der Waals surface area contributed by atoms with Gasteiger partial charge in [0, 0.05) is 24.1 Å². The molecule has 3 rings (SSSR count). The number of Topliss-reactive ketones (excluding diaryl/α,β-unsaturated/α-hetero) is 1. The molecule has 0 radical (unpaired) electrons. The number of hydrogen-bond acceptors (Lipinski definition) is 7. The second kappa shape index (κ2) is 12.8. The van der Waals surface area contributed by atoms with E-state index in [0.717, 1.165) is 31.2 Å². The van der Waals surface area contributed by atoms with E-state index in [2.05, 4.69) is 20.5 Å². The Morgan fingerprint density at radius 2 is 1.94 bits per heavy atom. The van der Waals surface area contributed by atoms with Crippen molar-refractivity contribution in [1.29, 1.82) is 0 Å². The van der Waals surface area contributed by atoms with Crippen molar-refractivity contribution < 1.29 is 14.0 Å². The minimum atomic E-state index is -0.641. The fourth-order valence-electron chi connectivity index (χ4n) is 3.68. The lowest BCUT2D eigenvalue weighted by Crippen LogP contribution is -2.44. The Morgan fingerprint density at radius 1 is 1.19 bits per heavy atom. The van der Waals surface area contributed by atoms with Gasteiger partial charge in [-0.3, -0.25) is 14.6 Å². The summed E-state index contributed by atoms with van der Waals surface area (Å²) in [5, 5.41) is 11.2. The topological polar surface area (TPSA) is 98.0 Å². The molecular formula is C22H31ClN4O3S. The third-order valence-corrected chi connectivity index (χ3v) is 6.16. The lowest BCUT2D eigenvalue weighted by atomic mass is 9.96. The molecule has 170 valence electrons. The van der Waals surface area contributed by atoms with Crippen LogP contribution in [0.4, 0.5) is 0 Å². The number of ketones is 1. The molecule has 1 amide bonds. The van der Waals surface area contributed by atoms with E-state index in [0.29, 0.717) is 17.4 Å². The van der Waals surface area contributed by atoms with Crippen LogP contribution in [0.5, 0.6) is 0 Å². The Balaban J connectivity index is 0.00000341. The normalized spacial score (nSPS) is 15.7. The summed E-state index contributed by atoms with van der Waals surface area (Å²) in [5.41, 5.74) is 1.03. The summed E-state index contributed by atoms with van der Waals surface area (Å²) in [5.74, 6) is 0.472. The van der Waals surface area contributed by atoms with Crippen LogP contribution in [-0.2, 0) is 10.5 Å². The largest absolute Gasteiger partial charge is 0.408 e. The maximum absolute atomic E-state index is 13.0. The Labute approximate surface area is 194 Å². The summed E-state index contributed by atoms with van der Waals surface area (Å²) in [4.78, 5) is 29.9. The van der Waals surface area contributed by atoms with Gasteiger partial charge in [0.25, 0.3) is 11.1 Å². The van der Waals surface area contributed by atoms with Gasteiger partial charge >= 0.3 is 0 Å². The summed E-state index contributed by atoms with van der Waals surface area (Å²) in [6, 6.07) is 3.19. The number of aromatic nitrogens is 3. The van der Waals surface area contributed by atoms with E-state index in [9.17, 15) is 9.59 Å². The molecule has 7 nitrogen and oxygen atoms in total. The summed E-state index contributed by atoms with van der Waals surface area (Å²) in [6.07, 6.45) is 10.3. The zero-order valence-electron chi connectivity index (χ0n) is 18.1. The van der Waals surface area contributed by atoms with Crippen molar-refractivity contribution in [1.82, 2.24) is 20.5 Å². The van der Waals surface area contributed by atoms with E-state index in [1.54, 1.807) is 12.4 Å². The Kier molecular flexibility index (Phi) is 10.5. The Morgan fingerprint density at radius 3 is 2.58 bits per heavy atom. The highest BCUT2D eigenvalue weighted by Gasteiger charge is 2.30. The first-order valence-corrected chi connectivity index (χ1v) is 11.7. The molecular weight excluding hydrogens is 436 g/mol. The van der Waals surface area contributed by atoms with Gasteiger partial charge in [0.2, 0.25) is 11.7 Å². The number of hydrogen-bond donors (Lipinski definition) is 1. The van der Waals surface area contributed by atoms with Crippen LogP contribution in [0.1, 0.15) is 75.0 Å². The highest BCUT2D eigenvalue weighted by Crippen LogP contribution is 2.24. The van der Waals surface area contributed by atoms with E-state index < -0.39 is 6.04 Å². The zero-order chi connectivity index (χ0) is 21.3. The third kappa shape index (κ3) is 7.92. The minimum Gasteiger partial charge on any atom is -0.408 e. The van der Waals surface area contributed by atoms with Gasteiger partial charge in [-0.15, -0.1) is 22.6 Å². The van der Waals surface area contributed by atoms with Crippen molar-refractivity contribution in [3.8, 4) is 0 Å². The fraction of sp³-hybridized carbons (Fsp3) is 0.591. The molecule has 1 aliphatic carbocycles. The van der Waals surface area contributed by atoms with Crippen LogP contribution in [0, 0.1) is 11.8 Å². The first kappa shape index (κ1) is 25.3. The smallest absolute Gasteiger partial charge is 0.286 e. The summed E-state index contributed by atoms with van der Waals surface area (Å²) in [7, 11) is 0. The third-order valence-electron chi connectivity index (χ3n) is 5.27. The molecule has 31 heavy (non-hydrogen) atoms. The van der Waals surface area contributed by atoms with Crippen LogP contribution in [0.15, 0.2) is 34.2 Å². The van der Waals surface area contributed by atoms with E-state index in [4.69, 9.17) is 4.42 Å². The maximum atomic E-state index is 13.0. The van der Waals surface area contributed by atoms with Gasteiger partial charge in [-0.2, -0.15) is 0 Å². The molecule has 2 heterocycles. The van der Waals surface area contributed by atoms with Gasteiger partial charge in [0.15, 0.2) is 0 Å². The molecule has 1 fully saturated rings. The van der Waals surface area contributed by atoms with Crippen LogP contribution in [0.25, 0.3) is 0 Å². The number of amides is 1. The van der Waals surface area contributed by atoms with Gasteiger partial charge in [0.1, 0.15) is 0 Å². The highest BCUT2D eigenvalue weighted by molar-refractivity contribution is 7.98. The maximum Gasteiger partial charge on any atom is 0.286 e. The molecule has 0 aromatic carbocycles. The molecule has 0 aliphatic heterocycles. The predicted octanol–water partition coefficient (Wildman–Crippen LogP) is 4.86. The number of carbonyl (C=O) groups excluding carboxylic acids is 2. The molecule has 0 spiro atoms. The zero-order valence-corrected chi connectivity index (χ0v) is 19.7. The molecule has 0 unspecified atom stereocenters. The van der Waals surface area contributed by atoms with Crippen LogP contribution in [0.3, 0.4) is 0 Å². The van der Waals surface area contributed by atoms with Crippen LogP contribution < -0.4 is 5.32 Å². The average molecular weight is 467 g/mol. The first-order chi connectivity index (χ1) is 14.5. The number of nitrogens with one attached hydrogen (secondary N) is 1. The van der Waals surface area contributed by atoms with Crippen molar-refractivity contribution in [3.63, 3.8) is 0 Å². The lowest BCUT2D eigenvalue weighted by Gasteiger charge is -2.21. The number of nitrogens with zero attached hydrogens (tertiary/aromatic N) is 3. The van der Waals surface area contributed by atoms with Crippen LogP contribution >= 0.6 is 24.2 Å². The summed E-state index contributed by atoms with van der Waals surface area (Å²) in [6.45, 7) is 4.06. The van der Waals surface area contributed by atoms with Gasteiger partial charge < -0.3 is 9.73 Å². The first-order valence-electron chi connectivity index (χ1n) is 10.7. The number of halogens is 1. The van der Waals surface area contributed by atoms with Crippen molar-refractivity contribution >= 4 is 35.9 Å². The monoisotopic (exact) mass is 466 g/mol. The van der Waals surface area contributed by atoms with E-state index in [1.165, 1.54) is 24.6 Å². The van der Waals surface area contributed by atoms with Gasteiger partial charge in [-0.1, -0.05) is 57.4 Å². The molecule has 1 aliphatic rings. The van der Waals surface area contributed by atoms with Crippen molar-refractivity contribution in [2.45, 2.75) is 75.8 Å². The van der Waals surface area contributed by atoms with E-state index >= 15 is 0 Å². The molecule has 2 aromatic rings. The Hall–Kier alpha value is -1.93. The summed E-state index contributed by atoms with van der Waals surface area (Å²) < 4.78 is 5.60. The number of carbonyl (C=O) groups is 2. The van der Waals surface area contributed by atoms with Crippen molar-refractivity contribution in [2.75, 3.05) is 0 Å².